The molecule has 1 N–H and O–H groups in total. The van der Waals surface area contributed by atoms with Gasteiger partial charge in [0, 0.05) is 18.2 Å². The van der Waals surface area contributed by atoms with Crippen LogP contribution in [0.25, 0.3) is 0 Å². The highest BCUT2D eigenvalue weighted by Gasteiger charge is 2.32. The Morgan fingerprint density at radius 3 is 2.19 bits per heavy atom. The molecule has 0 bridgehead atoms. The van der Waals surface area contributed by atoms with Crippen LogP contribution in [0.3, 0.4) is 0 Å². The maximum Gasteiger partial charge on any atom is 0.244 e. The first-order valence-electron chi connectivity index (χ1n) is 11.6. The van der Waals surface area contributed by atoms with Crippen LogP contribution in [0.4, 0.5) is 5.69 Å². The first-order valence-corrected chi connectivity index (χ1v) is 13.5. The number of carbonyl (C=O) groups is 2. The fourth-order valence-corrected chi connectivity index (χ4v) is 4.48. The normalized spacial score (nSPS) is 12.4. The minimum Gasteiger partial charge on any atom is -0.497 e. The number of hydrogen-bond acceptors (Lipinski definition) is 6. The van der Waals surface area contributed by atoms with Gasteiger partial charge in [0.25, 0.3) is 0 Å². The van der Waals surface area contributed by atoms with Crippen LogP contribution in [0.2, 0.25) is 0 Å². The van der Waals surface area contributed by atoms with Gasteiger partial charge in [-0.15, -0.1) is 0 Å². The van der Waals surface area contributed by atoms with Crippen LogP contribution in [0.5, 0.6) is 11.5 Å². The maximum atomic E-state index is 13.6. The van der Waals surface area contributed by atoms with Crippen LogP contribution < -0.4 is 19.1 Å². The van der Waals surface area contributed by atoms with E-state index in [1.165, 1.54) is 25.2 Å². The second kappa shape index (κ2) is 12.1. The van der Waals surface area contributed by atoms with Crippen molar-refractivity contribution in [2.24, 2.45) is 0 Å². The van der Waals surface area contributed by atoms with Crippen LogP contribution in [-0.2, 0) is 26.0 Å². The predicted molar refractivity (Wildman–Crippen MR) is 141 cm³/mol. The molecule has 0 aromatic heterocycles. The summed E-state index contributed by atoms with van der Waals surface area (Å²) in [5.41, 5.74) is 0.669. The molecule has 0 heterocycles. The van der Waals surface area contributed by atoms with Crippen molar-refractivity contribution in [3.63, 3.8) is 0 Å². The van der Waals surface area contributed by atoms with Crippen molar-refractivity contribution < 1.29 is 27.5 Å². The molecule has 0 unspecified atom stereocenters. The zero-order valence-corrected chi connectivity index (χ0v) is 22.9. The molecule has 1 atom stereocenters. The Hall–Kier alpha value is -3.27. The molecule has 0 saturated heterocycles. The van der Waals surface area contributed by atoms with E-state index in [0.717, 1.165) is 16.1 Å². The molecule has 9 nitrogen and oxygen atoms in total. The fourth-order valence-electron chi connectivity index (χ4n) is 3.63. The fraction of sp³-hybridized carbons (Fsp3) is 0.462. The number of anilines is 1. The summed E-state index contributed by atoms with van der Waals surface area (Å²) in [5, 5.41) is 2.90. The predicted octanol–water partition coefficient (Wildman–Crippen LogP) is 2.84. The molecule has 10 heteroatoms. The monoisotopic (exact) mass is 519 g/mol. The summed E-state index contributed by atoms with van der Waals surface area (Å²) in [6.07, 6.45) is 1.52. The van der Waals surface area contributed by atoms with Crippen LogP contribution in [-0.4, -0.2) is 70.3 Å². The largest absolute Gasteiger partial charge is 0.497 e. The molecule has 0 saturated carbocycles. The van der Waals surface area contributed by atoms with Crippen molar-refractivity contribution in [2.75, 3.05) is 37.9 Å². The van der Waals surface area contributed by atoms with Crippen molar-refractivity contribution in [1.82, 2.24) is 10.2 Å². The number of ether oxygens (including phenoxy) is 2. The first kappa shape index (κ1) is 29.0. The van der Waals surface area contributed by atoms with Gasteiger partial charge in [0.2, 0.25) is 21.8 Å². The number of hydrogen-bond donors (Lipinski definition) is 1. The van der Waals surface area contributed by atoms with Gasteiger partial charge in [-0.05, 0) is 51.8 Å². The molecule has 0 aliphatic carbocycles. The summed E-state index contributed by atoms with van der Waals surface area (Å²) in [6, 6.07) is 13.5. The third kappa shape index (κ3) is 8.15. The van der Waals surface area contributed by atoms with Gasteiger partial charge >= 0.3 is 0 Å². The number of nitrogens with one attached hydrogen (secondary N) is 1. The molecular formula is C26H37N3O6S. The lowest BCUT2D eigenvalue weighted by molar-refractivity contribution is -0.139. The number of benzene rings is 2. The van der Waals surface area contributed by atoms with Crippen molar-refractivity contribution >= 4 is 27.5 Å². The van der Waals surface area contributed by atoms with E-state index in [4.69, 9.17) is 9.47 Å². The lowest BCUT2D eigenvalue weighted by Crippen LogP contribution is -2.55. The molecule has 2 rings (SSSR count). The topological polar surface area (TPSA) is 105 Å². The summed E-state index contributed by atoms with van der Waals surface area (Å²) >= 11 is 0. The number of methoxy groups -OCH3 is 2. The van der Waals surface area contributed by atoms with E-state index in [0.29, 0.717) is 12.2 Å². The van der Waals surface area contributed by atoms with Crippen LogP contribution in [0.1, 0.15) is 33.3 Å². The number of sulfonamides is 1. The van der Waals surface area contributed by atoms with Crippen molar-refractivity contribution in [2.45, 2.75) is 45.7 Å². The molecule has 0 radical (unpaired) electrons. The number of amides is 2. The van der Waals surface area contributed by atoms with E-state index in [9.17, 15) is 18.0 Å². The lowest BCUT2D eigenvalue weighted by Gasteiger charge is -2.33. The van der Waals surface area contributed by atoms with E-state index in [1.807, 2.05) is 51.1 Å². The molecule has 0 spiro atoms. The van der Waals surface area contributed by atoms with Crippen molar-refractivity contribution in [3.05, 3.63) is 54.1 Å². The van der Waals surface area contributed by atoms with E-state index in [1.54, 1.807) is 19.1 Å². The summed E-state index contributed by atoms with van der Waals surface area (Å²) in [4.78, 5) is 28.0. The van der Waals surface area contributed by atoms with Crippen LogP contribution >= 0.6 is 0 Å². The van der Waals surface area contributed by atoms with Crippen LogP contribution in [0, 0.1) is 0 Å². The molecule has 0 fully saturated rings. The molecule has 36 heavy (non-hydrogen) atoms. The third-order valence-corrected chi connectivity index (χ3v) is 6.61. The highest BCUT2D eigenvalue weighted by Crippen LogP contribution is 2.33. The standard InChI is InChI=1S/C26H37N3O6S/c1-19(25(31)27-26(2,3)4)28(16-15-20-11-9-8-10-12-20)24(30)18-29(36(7,32)33)22-17-21(34-5)13-14-23(22)35-6/h8-14,17,19H,15-16,18H2,1-7H3,(H,27,31)/t19-/m0/s1. The lowest BCUT2D eigenvalue weighted by atomic mass is 10.1. The minimum atomic E-state index is -3.90. The number of nitrogens with zero attached hydrogens (tertiary/aromatic N) is 2. The summed E-state index contributed by atoms with van der Waals surface area (Å²) < 4.78 is 37.2. The zero-order valence-electron chi connectivity index (χ0n) is 22.1. The molecular weight excluding hydrogens is 482 g/mol. The van der Waals surface area contributed by atoms with Gasteiger partial charge in [0.15, 0.2) is 0 Å². The van der Waals surface area contributed by atoms with Gasteiger partial charge in [-0.2, -0.15) is 0 Å². The SMILES string of the molecule is COc1ccc(OC)c(N(CC(=O)N(CCc2ccccc2)[C@@H](C)C(=O)NC(C)(C)C)S(C)(=O)=O)c1. The second-order valence-electron chi connectivity index (χ2n) is 9.55. The quantitative estimate of drug-likeness (QED) is 0.490. The Kier molecular flexibility index (Phi) is 9.75. The van der Waals surface area contributed by atoms with Crippen molar-refractivity contribution in [3.8, 4) is 11.5 Å². The highest BCUT2D eigenvalue weighted by atomic mass is 32.2. The third-order valence-electron chi connectivity index (χ3n) is 5.48. The van der Waals surface area contributed by atoms with Gasteiger partial charge in [0.05, 0.1) is 26.2 Å². The van der Waals surface area contributed by atoms with Gasteiger partial charge in [-0.25, -0.2) is 8.42 Å². The molecule has 2 amide bonds. The smallest absolute Gasteiger partial charge is 0.244 e. The number of carbonyl (C=O) groups excluding carboxylic acids is 2. The second-order valence-corrected chi connectivity index (χ2v) is 11.5. The summed E-state index contributed by atoms with van der Waals surface area (Å²) in [7, 11) is -1.02. The molecule has 0 aliphatic rings. The van der Waals surface area contributed by atoms with E-state index >= 15 is 0 Å². The van der Waals surface area contributed by atoms with Crippen LogP contribution in [0.15, 0.2) is 48.5 Å². The Labute approximate surface area is 214 Å². The average molecular weight is 520 g/mol. The van der Waals surface area contributed by atoms with E-state index < -0.39 is 34.1 Å². The van der Waals surface area contributed by atoms with E-state index in [2.05, 4.69) is 5.32 Å². The van der Waals surface area contributed by atoms with Gasteiger partial charge in [-0.3, -0.25) is 13.9 Å². The van der Waals surface area contributed by atoms with Crippen molar-refractivity contribution in [1.29, 1.82) is 0 Å². The molecule has 2 aromatic carbocycles. The van der Waals surface area contributed by atoms with E-state index in [-0.39, 0.29) is 23.9 Å². The Morgan fingerprint density at radius 2 is 1.67 bits per heavy atom. The first-order chi connectivity index (χ1) is 16.8. The minimum absolute atomic E-state index is 0.169. The highest BCUT2D eigenvalue weighted by molar-refractivity contribution is 7.92. The Balaban J connectivity index is 2.42. The molecule has 198 valence electrons. The Morgan fingerprint density at radius 1 is 1.03 bits per heavy atom. The van der Waals surface area contributed by atoms with Gasteiger partial charge in [-0.1, -0.05) is 30.3 Å². The maximum absolute atomic E-state index is 13.6. The van der Waals surface area contributed by atoms with Gasteiger partial charge in [0.1, 0.15) is 24.1 Å². The average Bonchev–Trinajstić information content (AvgIpc) is 2.81. The zero-order chi connectivity index (χ0) is 27.1. The molecule has 2 aromatic rings. The molecule has 0 aliphatic heterocycles. The summed E-state index contributed by atoms with van der Waals surface area (Å²) in [5.74, 6) is -0.166. The number of rotatable bonds is 11. The summed E-state index contributed by atoms with van der Waals surface area (Å²) in [6.45, 7) is 6.93. The Bertz CT molecular complexity index is 1150. The van der Waals surface area contributed by atoms with Gasteiger partial charge < -0.3 is 19.7 Å².